The van der Waals surface area contributed by atoms with E-state index >= 15 is 0 Å². The average Bonchev–Trinajstić information content (AvgIpc) is 3.69. The Morgan fingerprint density at radius 1 is 0.622 bits per heavy atom. The van der Waals surface area contributed by atoms with Crippen molar-refractivity contribution in [2.24, 2.45) is 0 Å². The van der Waals surface area contributed by atoms with E-state index in [4.69, 9.17) is 14.4 Å². The van der Waals surface area contributed by atoms with Gasteiger partial charge in [-0.1, -0.05) is 83.7 Å². The van der Waals surface area contributed by atoms with E-state index in [1.54, 1.807) is 6.20 Å². The van der Waals surface area contributed by atoms with Gasteiger partial charge in [0.05, 0.1) is 11.4 Å². The number of nitrogens with zero attached hydrogens (tertiary/aromatic N) is 4. The quantitative estimate of drug-likeness (QED) is 0.169. The average molecular weight is 757 g/mol. The molecule has 45 heavy (non-hydrogen) atoms. The Morgan fingerprint density at radius 2 is 1.40 bits per heavy atom. The predicted octanol–water partition coefficient (Wildman–Crippen LogP) is 9.49. The minimum absolute atomic E-state index is 0. The number of hydrogen-bond acceptors (Lipinski definition) is 4. The monoisotopic (exact) mass is 757 g/mol. The SMILES string of the molecule is [Ir].[c-]1ccc2c(oc3ccccc32)c1-c1nc2c3ccccc3cnc2n1-c1ccccc1.[c-]1ccccc1-c1ccccn1. The molecule has 5 nitrogen and oxygen atoms in total. The molecule has 0 N–H and O–H groups in total. The van der Waals surface area contributed by atoms with Crippen LogP contribution in [0.25, 0.3) is 72.2 Å². The first-order chi connectivity index (χ1) is 21.8. The Hall–Kier alpha value is -5.42. The van der Waals surface area contributed by atoms with Crippen LogP contribution in [0.3, 0.4) is 0 Å². The molecule has 9 rings (SSSR count). The zero-order valence-corrected chi connectivity index (χ0v) is 26.3. The van der Waals surface area contributed by atoms with Crippen molar-refractivity contribution >= 4 is 43.9 Å². The number of pyridine rings is 2. The number of furan rings is 1. The number of fused-ring (bicyclic) bond motifs is 6. The van der Waals surface area contributed by atoms with Gasteiger partial charge in [0.1, 0.15) is 11.1 Å². The normalized spacial score (nSPS) is 10.9. The first kappa shape index (κ1) is 28.4. The van der Waals surface area contributed by atoms with Crippen molar-refractivity contribution in [3.8, 4) is 28.3 Å². The van der Waals surface area contributed by atoms with Crippen LogP contribution in [0.5, 0.6) is 0 Å². The van der Waals surface area contributed by atoms with E-state index in [0.29, 0.717) is 0 Å². The van der Waals surface area contributed by atoms with Crippen molar-refractivity contribution in [3.63, 3.8) is 0 Å². The van der Waals surface area contributed by atoms with Gasteiger partial charge < -0.3 is 14.0 Å². The van der Waals surface area contributed by atoms with Gasteiger partial charge in [0.2, 0.25) is 0 Å². The van der Waals surface area contributed by atoms with Gasteiger partial charge in [0.15, 0.2) is 5.65 Å². The minimum atomic E-state index is 0. The summed E-state index contributed by atoms with van der Waals surface area (Å²) in [7, 11) is 0. The van der Waals surface area contributed by atoms with Gasteiger partial charge in [-0.15, -0.1) is 54.1 Å². The van der Waals surface area contributed by atoms with Crippen LogP contribution in [0.15, 0.2) is 150 Å². The molecule has 9 aromatic rings. The fourth-order valence-corrected chi connectivity index (χ4v) is 5.59. The molecule has 0 unspecified atom stereocenters. The van der Waals surface area contributed by atoms with E-state index in [9.17, 15) is 0 Å². The number of rotatable bonds is 3. The molecule has 0 aliphatic rings. The van der Waals surface area contributed by atoms with Crippen LogP contribution in [0.4, 0.5) is 0 Å². The van der Waals surface area contributed by atoms with Crippen LogP contribution >= 0.6 is 0 Å². The number of para-hydroxylation sites is 2. The van der Waals surface area contributed by atoms with Crippen LogP contribution in [-0.4, -0.2) is 19.5 Å². The maximum atomic E-state index is 6.31. The Morgan fingerprint density at radius 3 is 2.22 bits per heavy atom. The fraction of sp³-hybridized carbons (Fsp3) is 0. The van der Waals surface area contributed by atoms with Gasteiger partial charge in [-0.2, -0.15) is 0 Å². The molecular weight excluding hydrogens is 733 g/mol. The molecule has 0 bridgehead atoms. The molecule has 5 aromatic carbocycles. The zero-order valence-electron chi connectivity index (χ0n) is 23.9. The third-order valence-corrected chi connectivity index (χ3v) is 7.62. The van der Waals surface area contributed by atoms with E-state index in [1.807, 2.05) is 109 Å². The summed E-state index contributed by atoms with van der Waals surface area (Å²) in [6.07, 6.45) is 3.70. The molecule has 0 fully saturated rings. The Bertz CT molecular complexity index is 2350. The molecule has 217 valence electrons. The summed E-state index contributed by atoms with van der Waals surface area (Å²) in [5.74, 6) is 0.764. The topological polar surface area (TPSA) is 56.7 Å². The van der Waals surface area contributed by atoms with Crippen molar-refractivity contribution < 1.29 is 24.5 Å². The summed E-state index contributed by atoms with van der Waals surface area (Å²) in [6.45, 7) is 0. The van der Waals surface area contributed by atoms with E-state index in [2.05, 4.69) is 52.0 Å². The van der Waals surface area contributed by atoms with E-state index in [-0.39, 0.29) is 20.1 Å². The molecule has 0 saturated carbocycles. The van der Waals surface area contributed by atoms with Crippen molar-refractivity contribution in [2.45, 2.75) is 0 Å². The second-order valence-electron chi connectivity index (χ2n) is 10.3. The Balaban J connectivity index is 0.000000211. The van der Waals surface area contributed by atoms with Crippen molar-refractivity contribution in [2.75, 3.05) is 0 Å². The van der Waals surface area contributed by atoms with Crippen LogP contribution < -0.4 is 0 Å². The summed E-state index contributed by atoms with van der Waals surface area (Å²) in [6, 6.07) is 50.7. The van der Waals surface area contributed by atoms with E-state index in [0.717, 1.165) is 72.2 Å². The molecule has 4 aromatic heterocycles. The number of hydrogen-bond donors (Lipinski definition) is 0. The molecule has 0 saturated heterocycles. The van der Waals surface area contributed by atoms with E-state index in [1.165, 1.54) is 0 Å². The van der Waals surface area contributed by atoms with Gasteiger partial charge in [-0.3, -0.25) is 4.98 Å². The maximum absolute atomic E-state index is 6.31. The molecule has 4 heterocycles. The van der Waals surface area contributed by atoms with Gasteiger partial charge in [-0.05, 0) is 30.0 Å². The number of imidazole rings is 1. The summed E-state index contributed by atoms with van der Waals surface area (Å²) in [5, 5.41) is 4.28. The second kappa shape index (κ2) is 12.3. The van der Waals surface area contributed by atoms with Crippen LogP contribution in [0.2, 0.25) is 0 Å². The van der Waals surface area contributed by atoms with Crippen LogP contribution in [-0.2, 0) is 20.1 Å². The summed E-state index contributed by atoms with van der Waals surface area (Å²) in [4.78, 5) is 14.1. The van der Waals surface area contributed by atoms with Crippen molar-refractivity contribution in [1.29, 1.82) is 0 Å². The van der Waals surface area contributed by atoms with E-state index < -0.39 is 0 Å². The third kappa shape index (κ3) is 5.21. The number of aromatic nitrogens is 4. The van der Waals surface area contributed by atoms with Gasteiger partial charge in [0, 0.05) is 54.3 Å². The standard InChI is InChI=1S/C28H16N3O.C11H8N.Ir/c1-2-10-19(11-3-1)31-27(30-25-20-12-5-4-9-18(20)17-29-28(25)31)23-15-8-14-22-21-13-6-7-16-24(21)32-26(22)23;1-2-6-10(7-3-1)11-8-4-5-9-12-11;/h1-14,16-17H;1-6,8-9H;/q2*-1;. The molecule has 0 amide bonds. The molecule has 1 radical (unpaired) electrons. The fourth-order valence-electron chi connectivity index (χ4n) is 5.59. The Kier molecular flexibility index (Phi) is 7.74. The second-order valence-corrected chi connectivity index (χ2v) is 10.3. The first-order valence-corrected chi connectivity index (χ1v) is 14.4. The molecule has 0 aliphatic carbocycles. The first-order valence-electron chi connectivity index (χ1n) is 14.4. The molecule has 0 atom stereocenters. The van der Waals surface area contributed by atoms with Crippen molar-refractivity contribution in [1.82, 2.24) is 19.5 Å². The van der Waals surface area contributed by atoms with Gasteiger partial charge >= 0.3 is 0 Å². The molecule has 0 aliphatic heterocycles. The smallest absolute Gasteiger partial charge is 0.156 e. The third-order valence-electron chi connectivity index (χ3n) is 7.62. The molecular formula is C39H24IrN4O-2. The van der Waals surface area contributed by atoms with Crippen molar-refractivity contribution in [3.05, 3.63) is 158 Å². The van der Waals surface area contributed by atoms with Gasteiger partial charge in [-0.25, -0.2) is 4.98 Å². The summed E-state index contributed by atoms with van der Waals surface area (Å²) >= 11 is 0. The minimum Gasteiger partial charge on any atom is -0.501 e. The van der Waals surface area contributed by atoms with Crippen LogP contribution in [0, 0.1) is 12.1 Å². The predicted molar refractivity (Wildman–Crippen MR) is 176 cm³/mol. The number of benzene rings is 5. The molecule has 0 spiro atoms. The largest absolute Gasteiger partial charge is 0.501 e. The molecule has 6 heteroatoms. The maximum Gasteiger partial charge on any atom is 0.156 e. The van der Waals surface area contributed by atoms with Crippen LogP contribution in [0.1, 0.15) is 0 Å². The summed E-state index contributed by atoms with van der Waals surface area (Å²) in [5.41, 5.74) is 7.14. The van der Waals surface area contributed by atoms with Gasteiger partial charge in [0.25, 0.3) is 0 Å². The zero-order chi connectivity index (χ0) is 29.3. The summed E-state index contributed by atoms with van der Waals surface area (Å²) < 4.78 is 8.40. The Labute approximate surface area is 273 Å².